The van der Waals surface area contributed by atoms with Crippen molar-refractivity contribution >= 4 is 16.5 Å². The molecule has 0 spiro atoms. The molecule has 136 valence electrons. The third-order valence-electron chi connectivity index (χ3n) is 5.42. The number of aromatic nitrogens is 1. The molecule has 27 heavy (non-hydrogen) atoms. The Balaban J connectivity index is 1.98. The fourth-order valence-corrected chi connectivity index (χ4v) is 3.79. The Bertz CT molecular complexity index is 1090. The van der Waals surface area contributed by atoms with Crippen LogP contribution in [0.5, 0.6) is 0 Å². The molecule has 0 amide bonds. The average Bonchev–Trinajstić information content (AvgIpc) is 2.71. The lowest BCUT2D eigenvalue weighted by molar-refractivity contribution is 0.313. The van der Waals surface area contributed by atoms with Crippen molar-refractivity contribution in [2.75, 3.05) is 38.1 Å². The predicted octanol–water partition coefficient (Wildman–Crippen LogP) is 2.83. The van der Waals surface area contributed by atoms with E-state index in [1.54, 1.807) is 7.05 Å². The largest absolute Gasteiger partial charge is 0.369 e. The van der Waals surface area contributed by atoms with Crippen LogP contribution in [0.4, 0.5) is 5.69 Å². The third-order valence-corrected chi connectivity index (χ3v) is 5.42. The van der Waals surface area contributed by atoms with Crippen molar-refractivity contribution in [3.8, 4) is 17.2 Å². The Morgan fingerprint density at radius 3 is 2.30 bits per heavy atom. The summed E-state index contributed by atoms with van der Waals surface area (Å²) in [5, 5.41) is 11.3. The highest BCUT2D eigenvalue weighted by Crippen LogP contribution is 2.32. The molecule has 2 heterocycles. The van der Waals surface area contributed by atoms with Gasteiger partial charge in [-0.3, -0.25) is 4.79 Å². The smallest absolute Gasteiger partial charge is 0.259 e. The molecule has 0 atom stereocenters. The molecular formula is C22H22N4O. The second kappa shape index (κ2) is 6.90. The van der Waals surface area contributed by atoms with Gasteiger partial charge in [0, 0.05) is 49.9 Å². The first-order valence-corrected chi connectivity index (χ1v) is 9.16. The van der Waals surface area contributed by atoms with Crippen molar-refractivity contribution < 1.29 is 0 Å². The molecule has 3 aromatic rings. The highest BCUT2D eigenvalue weighted by Gasteiger charge is 2.19. The van der Waals surface area contributed by atoms with E-state index in [-0.39, 0.29) is 5.56 Å². The minimum atomic E-state index is -0.133. The molecule has 1 aliphatic heterocycles. The van der Waals surface area contributed by atoms with E-state index >= 15 is 0 Å². The summed E-state index contributed by atoms with van der Waals surface area (Å²) in [5.41, 5.74) is 3.14. The van der Waals surface area contributed by atoms with Crippen LogP contribution in [0.1, 0.15) is 5.69 Å². The van der Waals surface area contributed by atoms with Gasteiger partial charge in [-0.25, -0.2) is 0 Å². The summed E-state index contributed by atoms with van der Waals surface area (Å²) in [6.45, 7) is 3.95. The lowest BCUT2D eigenvalue weighted by atomic mass is 9.96. The zero-order valence-electron chi connectivity index (χ0n) is 15.6. The molecule has 0 radical (unpaired) electrons. The lowest BCUT2D eigenvalue weighted by Gasteiger charge is -2.34. The molecule has 0 saturated carbocycles. The van der Waals surface area contributed by atoms with E-state index in [1.165, 1.54) is 4.57 Å². The standard InChI is InChI=1S/C22H22N4O/c1-24-10-12-26(13-11-24)17-8-9-18-19(14-17)21(16-6-4-3-5-7-16)20(15-23)25(2)22(18)27/h3-9,14H,10-13H2,1-2H3. The van der Waals surface area contributed by atoms with Gasteiger partial charge < -0.3 is 14.4 Å². The first-order valence-electron chi connectivity index (χ1n) is 9.16. The van der Waals surface area contributed by atoms with Crippen LogP contribution in [0, 0.1) is 11.3 Å². The molecule has 1 aromatic heterocycles. The molecule has 1 saturated heterocycles. The Kier molecular flexibility index (Phi) is 4.43. The summed E-state index contributed by atoms with van der Waals surface area (Å²) in [7, 11) is 3.80. The molecule has 0 N–H and O–H groups in total. The van der Waals surface area contributed by atoms with Crippen LogP contribution in [0.3, 0.4) is 0 Å². The molecule has 0 bridgehead atoms. The van der Waals surface area contributed by atoms with E-state index < -0.39 is 0 Å². The second-order valence-electron chi connectivity index (χ2n) is 7.09. The summed E-state index contributed by atoms with van der Waals surface area (Å²) in [6, 6.07) is 18.1. The molecule has 2 aromatic carbocycles. The molecule has 0 unspecified atom stereocenters. The fraction of sp³-hybridized carbons (Fsp3) is 0.273. The number of anilines is 1. The maximum Gasteiger partial charge on any atom is 0.259 e. The van der Waals surface area contributed by atoms with Crippen LogP contribution in [-0.4, -0.2) is 42.7 Å². The minimum absolute atomic E-state index is 0.133. The van der Waals surface area contributed by atoms with Crippen LogP contribution in [0.25, 0.3) is 21.9 Å². The number of benzene rings is 2. The normalized spacial score (nSPS) is 15.1. The highest BCUT2D eigenvalue weighted by atomic mass is 16.1. The van der Waals surface area contributed by atoms with Gasteiger partial charge in [0.2, 0.25) is 0 Å². The first-order chi connectivity index (χ1) is 13.1. The molecule has 5 nitrogen and oxygen atoms in total. The lowest BCUT2D eigenvalue weighted by Crippen LogP contribution is -2.44. The zero-order chi connectivity index (χ0) is 19.0. The van der Waals surface area contributed by atoms with E-state index in [0.29, 0.717) is 11.1 Å². The van der Waals surface area contributed by atoms with Gasteiger partial charge in [-0.2, -0.15) is 5.26 Å². The average molecular weight is 358 g/mol. The number of nitrogens with zero attached hydrogens (tertiary/aromatic N) is 4. The molecule has 5 heteroatoms. The topological polar surface area (TPSA) is 52.3 Å². The first kappa shape index (κ1) is 17.3. The van der Waals surface area contributed by atoms with Crippen molar-refractivity contribution in [3.05, 3.63) is 64.6 Å². The zero-order valence-corrected chi connectivity index (χ0v) is 15.6. The number of pyridine rings is 1. The van der Waals surface area contributed by atoms with Crippen molar-refractivity contribution in [2.45, 2.75) is 0 Å². The van der Waals surface area contributed by atoms with E-state index in [4.69, 9.17) is 0 Å². The van der Waals surface area contributed by atoms with E-state index in [1.807, 2.05) is 42.5 Å². The molecule has 1 aliphatic rings. The fourth-order valence-electron chi connectivity index (χ4n) is 3.79. The van der Waals surface area contributed by atoms with E-state index in [0.717, 1.165) is 48.4 Å². The maximum atomic E-state index is 12.8. The Morgan fingerprint density at radius 2 is 1.63 bits per heavy atom. The van der Waals surface area contributed by atoms with Crippen LogP contribution in [0.2, 0.25) is 0 Å². The van der Waals surface area contributed by atoms with Crippen molar-refractivity contribution in [2.24, 2.45) is 7.05 Å². The summed E-state index contributed by atoms with van der Waals surface area (Å²) in [4.78, 5) is 17.5. The highest BCUT2D eigenvalue weighted by molar-refractivity contribution is 6.00. The minimum Gasteiger partial charge on any atom is -0.369 e. The van der Waals surface area contributed by atoms with Gasteiger partial charge in [0.25, 0.3) is 5.56 Å². The van der Waals surface area contributed by atoms with Gasteiger partial charge in [0.05, 0.1) is 0 Å². The summed E-state index contributed by atoms with van der Waals surface area (Å²) < 4.78 is 1.46. The quantitative estimate of drug-likeness (QED) is 0.707. The van der Waals surface area contributed by atoms with Gasteiger partial charge in [-0.1, -0.05) is 30.3 Å². The number of hydrogen-bond donors (Lipinski definition) is 0. The number of rotatable bonds is 2. The van der Waals surface area contributed by atoms with Crippen LogP contribution >= 0.6 is 0 Å². The number of hydrogen-bond acceptors (Lipinski definition) is 4. The SMILES string of the molecule is CN1CCN(c2ccc3c(=O)n(C)c(C#N)c(-c4ccccc4)c3c2)CC1. The number of piperazine rings is 1. The van der Waals surface area contributed by atoms with Gasteiger partial charge in [-0.05, 0) is 36.2 Å². The monoisotopic (exact) mass is 358 g/mol. The Labute approximate surface area is 158 Å². The van der Waals surface area contributed by atoms with Crippen molar-refractivity contribution in [3.63, 3.8) is 0 Å². The maximum absolute atomic E-state index is 12.8. The molecule has 4 rings (SSSR count). The van der Waals surface area contributed by atoms with Gasteiger partial charge in [0.15, 0.2) is 0 Å². The number of nitriles is 1. The number of likely N-dealkylation sites (N-methyl/N-ethyl adjacent to an activating group) is 1. The molecule has 1 fully saturated rings. The van der Waals surface area contributed by atoms with Gasteiger partial charge in [0.1, 0.15) is 11.8 Å². The van der Waals surface area contributed by atoms with Gasteiger partial charge in [-0.15, -0.1) is 0 Å². The van der Waals surface area contributed by atoms with E-state index in [2.05, 4.69) is 29.0 Å². The van der Waals surface area contributed by atoms with Crippen molar-refractivity contribution in [1.29, 1.82) is 5.26 Å². The third kappa shape index (κ3) is 2.98. The van der Waals surface area contributed by atoms with Crippen molar-refractivity contribution in [1.82, 2.24) is 9.47 Å². The van der Waals surface area contributed by atoms with Crippen LogP contribution in [-0.2, 0) is 7.05 Å². The van der Waals surface area contributed by atoms with E-state index in [9.17, 15) is 10.1 Å². The summed E-state index contributed by atoms with van der Waals surface area (Å²) in [5.74, 6) is 0. The predicted molar refractivity (Wildman–Crippen MR) is 109 cm³/mol. The van der Waals surface area contributed by atoms with Crippen LogP contribution < -0.4 is 10.5 Å². The molecule has 0 aliphatic carbocycles. The summed E-state index contributed by atoms with van der Waals surface area (Å²) >= 11 is 0. The second-order valence-corrected chi connectivity index (χ2v) is 7.09. The number of fused-ring (bicyclic) bond motifs is 1. The Hall–Kier alpha value is -3.10. The van der Waals surface area contributed by atoms with Crippen LogP contribution in [0.15, 0.2) is 53.3 Å². The Morgan fingerprint density at radius 1 is 0.926 bits per heavy atom. The summed E-state index contributed by atoms with van der Waals surface area (Å²) in [6.07, 6.45) is 0. The van der Waals surface area contributed by atoms with Gasteiger partial charge >= 0.3 is 0 Å². The molecular weight excluding hydrogens is 336 g/mol.